The number of rotatable bonds is 7. The summed E-state index contributed by atoms with van der Waals surface area (Å²) in [6.45, 7) is 4.66. The van der Waals surface area contributed by atoms with Gasteiger partial charge in [-0.25, -0.2) is 0 Å². The Bertz CT molecular complexity index is 868. The fourth-order valence-electron chi connectivity index (χ4n) is 2.98. The van der Waals surface area contributed by atoms with Gasteiger partial charge in [0.2, 0.25) is 0 Å². The third-order valence-corrected chi connectivity index (χ3v) is 4.33. The first-order valence-electron chi connectivity index (χ1n) is 9.01. The van der Waals surface area contributed by atoms with E-state index in [0.717, 1.165) is 5.56 Å². The van der Waals surface area contributed by atoms with Gasteiger partial charge in [-0.05, 0) is 29.7 Å². The van der Waals surface area contributed by atoms with Crippen LogP contribution in [0.3, 0.4) is 0 Å². The fraction of sp³-hybridized carbons (Fsp3) is 0.350. The number of ether oxygens (including phenoxy) is 3. The number of para-hydroxylation sites is 2. The van der Waals surface area contributed by atoms with Gasteiger partial charge in [-0.15, -0.1) is 0 Å². The Balaban J connectivity index is 1.68. The van der Waals surface area contributed by atoms with Crippen molar-refractivity contribution >= 4 is 11.6 Å². The summed E-state index contributed by atoms with van der Waals surface area (Å²) in [7, 11) is 0. The van der Waals surface area contributed by atoms with Gasteiger partial charge in [0.15, 0.2) is 23.9 Å². The molecule has 0 aliphatic carbocycles. The summed E-state index contributed by atoms with van der Waals surface area (Å²) in [5.74, 6) is 1.13. The van der Waals surface area contributed by atoms with Gasteiger partial charge in [-0.2, -0.15) is 0 Å². The maximum Gasteiger partial charge on any atom is 0.310 e. The molecule has 8 heteroatoms. The van der Waals surface area contributed by atoms with Crippen LogP contribution >= 0.6 is 0 Å². The van der Waals surface area contributed by atoms with Crippen LogP contribution in [0.1, 0.15) is 25.5 Å². The number of hydrogen-bond acceptors (Lipinski definition) is 6. The van der Waals surface area contributed by atoms with Crippen molar-refractivity contribution in [1.82, 2.24) is 5.32 Å². The highest BCUT2D eigenvalue weighted by Crippen LogP contribution is 2.34. The normalized spacial score (nSPS) is 13.7. The summed E-state index contributed by atoms with van der Waals surface area (Å²) in [5.41, 5.74) is 0.709. The zero-order valence-corrected chi connectivity index (χ0v) is 15.7. The second kappa shape index (κ2) is 8.60. The molecular formula is C20H22N2O6. The minimum absolute atomic E-state index is 0.0584. The molecule has 0 bridgehead atoms. The van der Waals surface area contributed by atoms with Crippen LogP contribution in [-0.4, -0.2) is 30.7 Å². The molecule has 8 nitrogen and oxygen atoms in total. The molecule has 2 aromatic carbocycles. The highest BCUT2D eigenvalue weighted by molar-refractivity contribution is 5.78. The van der Waals surface area contributed by atoms with Crippen molar-refractivity contribution < 1.29 is 23.9 Å². The minimum atomic E-state index is -0.542. The molecule has 2 aromatic rings. The molecule has 0 fully saturated rings. The largest absolute Gasteiger partial charge is 0.486 e. The zero-order valence-electron chi connectivity index (χ0n) is 15.7. The number of nitro benzene ring substituents is 1. The first kappa shape index (κ1) is 19.5. The number of amides is 1. The van der Waals surface area contributed by atoms with Crippen molar-refractivity contribution in [2.45, 2.75) is 19.9 Å². The van der Waals surface area contributed by atoms with E-state index in [1.807, 2.05) is 32.0 Å². The molecule has 3 rings (SSSR count). The van der Waals surface area contributed by atoms with Gasteiger partial charge < -0.3 is 19.5 Å². The van der Waals surface area contributed by atoms with E-state index in [9.17, 15) is 14.9 Å². The van der Waals surface area contributed by atoms with Crippen LogP contribution in [0.15, 0.2) is 42.5 Å². The average molecular weight is 386 g/mol. The Morgan fingerprint density at radius 3 is 2.61 bits per heavy atom. The van der Waals surface area contributed by atoms with Crippen molar-refractivity contribution in [3.05, 3.63) is 58.1 Å². The van der Waals surface area contributed by atoms with Crippen molar-refractivity contribution in [3.63, 3.8) is 0 Å². The maximum atomic E-state index is 12.4. The molecule has 148 valence electrons. The molecule has 1 heterocycles. The molecule has 1 aliphatic heterocycles. The number of nitro groups is 1. The summed E-state index contributed by atoms with van der Waals surface area (Å²) in [4.78, 5) is 22.9. The molecule has 1 aliphatic rings. The second-order valence-corrected chi connectivity index (χ2v) is 6.71. The highest BCUT2D eigenvalue weighted by Gasteiger charge is 2.22. The van der Waals surface area contributed by atoms with Crippen LogP contribution in [0, 0.1) is 16.0 Å². The number of nitrogens with zero attached hydrogens (tertiary/aromatic N) is 1. The quantitative estimate of drug-likeness (QED) is 0.579. The van der Waals surface area contributed by atoms with E-state index in [1.54, 1.807) is 12.1 Å². The van der Waals surface area contributed by atoms with Gasteiger partial charge in [0.1, 0.15) is 13.2 Å². The molecule has 0 aromatic heterocycles. The van der Waals surface area contributed by atoms with Crippen molar-refractivity contribution in [3.8, 4) is 17.2 Å². The van der Waals surface area contributed by atoms with Gasteiger partial charge in [-0.3, -0.25) is 14.9 Å². The smallest absolute Gasteiger partial charge is 0.310 e. The van der Waals surface area contributed by atoms with E-state index in [4.69, 9.17) is 14.2 Å². The first-order valence-corrected chi connectivity index (χ1v) is 9.01. The number of benzene rings is 2. The monoisotopic (exact) mass is 386 g/mol. The van der Waals surface area contributed by atoms with Crippen LogP contribution in [0.4, 0.5) is 5.69 Å². The lowest BCUT2D eigenvalue weighted by Gasteiger charge is -2.25. The molecule has 0 radical (unpaired) electrons. The SMILES string of the molecule is CC(C)[C@@H](NC(=O)COc1ccccc1[N+](=O)[O-])c1ccc2c(c1)OCCO2. The number of carbonyl (C=O) groups excluding carboxylic acids is 1. The lowest BCUT2D eigenvalue weighted by atomic mass is 9.95. The molecular weight excluding hydrogens is 364 g/mol. The third kappa shape index (κ3) is 4.51. The molecule has 0 unspecified atom stereocenters. The molecule has 0 saturated carbocycles. The van der Waals surface area contributed by atoms with Crippen LogP contribution in [0.25, 0.3) is 0 Å². The van der Waals surface area contributed by atoms with Crippen molar-refractivity contribution in [2.24, 2.45) is 5.92 Å². The number of fused-ring (bicyclic) bond motifs is 1. The molecule has 1 amide bonds. The predicted octanol–water partition coefficient (Wildman–Crippen LogP) is 3.26. The van der Waals surface area contributed by atoms with E-state index < -0.39 is 4.92 Å². The molecule has 28 heavy (non-hydrogen) atoms. The number of carbonyl (C=O) groups is 1. The minimum Gasteiger partial charge on any atom is -0.486 e. The second-order valence-electron chi connectivity index (χ2n) is 6.71. The lowest BCUT2D eigenvalue weighted by Crippen LogP contribution is -2.35. The first-order chi connectivity index (χ1) is 13.5. The van der Waals surface area contributed by atoms with E-state index >= 15 is 0 Å². The lowest BCUT2D eigenvalue weighted by molar-refractivity contribution is -0.385. The van der Waals surface area contributed by atoms with Crippen LogP contribution in [0.2, 0.25) is 0 Å². The van der Waals surface area contributed by atoms with E-state index in [1.165, 1.54) is 12.1 Å². The Hall–Kier alpha value is -3.29. The van der Waals surface area contributed by atoms with Gasteiger partial charge in [0.05, 0.1) is 11.0 Å². The molecule has 1 atom stereocenters. The van der Waals surface area contributed by atoms with Crippen molar-refractivity contribution in [2.75, 3.05) is 19.8 Å². The third-order valence-electron chi connectivity index (χ3n) is 4.33. The Morgan fingerprint density at radius 2 is 1.89 bits per heavy atom. The predicted molar refractivity (Wildman–Crippen MR) is 102 cm³/mol. The summed E-state index contributed by atoms with van der Waals surface area (Å²) in [5, 5.41) is 14.0. The van der Waals surface area contributed by atoms with Crippen LogP contribution < -0.4 is 19.5 Å². The Kier molecular flexibility index (Phi) is 5.98. The summed E-state index contributed by atoms with van der Waals surface area (Å²) in [6.07, 6.45) is 0. The number of hydrogen-bond donors (Lipinski definition) is 1. The average Bonchev–Trinajstić information content (AvgIpc) is 2.70. The van der Waals surface area contributed by atoms with Gasteiger partial charge in [0.25, 0.3) is 5.91 Å². The molecule has 1 N–H and O–H groups in total. The molecule has 0 spiro atoms. The van der Waals surface area contributed by atoms with Crippen LogP contribution in [0.5, 0.6) is 17.2 Å². The summed E-state index contributed by atoms with van der Waals surface area (Å²) in [6, 6.07) is 11.3. The topological polar surface area (TPSA) is 99.9 Å². The highest BCUT2D eigenvalue weighted by atomic mass is 16.6. The molecule has 0 saturated heterocycles. The standard InChI is InChI=1S/C20H22N2O6/c1-13(2)20(14-7-8-17-18(11-14)27-10-9-26-17)21-19(23)12-28-16-6-4-3-5-15(16)22(24)25/h3-8,11,13,20H,9-10,12H2,1-2H3,(H,21,23)/t20-/m1/s1. The van der Waals surface area contributed by atoms with Crippen molar-refractivity contribution in [1.29, 1.82) is 0 Å². The van der Waals surface area contributed by atoms with Gasteiger partial charge >= 0.3 is 5.69 Å². The number of nitrogens with one attached hydrogen (secondary N) is 1. The Morgan fingerprint density at radius 1 is 1.18 bits per heavy atom. The summed E-state index contributed by atoms with van der Waals surface area (Å²) < 4.78 is 16.5. The van der Waals surface area contributed by atoms with Gasteiger partial charge in [-0.1, -0.05) is 32.0 Å². The van der Waals surface area contributed by atoms with E-state index in [0.29, 0.717) is 24.7 Å². The van der Waals surface area contributed by atoms with E-state index in [2.05, 4.69) is 5.32 Å². The fourth-order valence-corrected chi connectivity index (χ4v) is 2.98. The van der Waals surface area contributed by atoms with Crippen LogP contribution in [-0.2, 0) is 4.79 Å². The van der Waals surface area contributed by atoms with E-state index in [-0.39, 0.29) is 35.9 Å². The summed E-state index contributed by atoms with van der Waals surface area (Å²) >= 11 is 0. The Labute approximate surface area is 162 Å². The zero-order chi connectivity index (χ0) is 20.1. The van der Waals surface area contributed by atoms with Gasteiger partial charge in [0, 0.05) is 6.07 Å². The maximum absolute atomic E-state index is 12.4.